The zero-order valence-electron chi connectivity index (χ0n) is 10.6. The molecule has 1 aliphatic rings. The second kappa shape index (κ2) is 4.86. The third kappa shape index (κ3) is 2.41. The molecule has 0 saturated carbocycles. The first-order chi connectivity index (χ1) is 8.49. The summed E-state index contributed by atoms with van der Waals surface area (Å²) in [6.45, 7) is 5.41. The maximum absolute atomic E-state index is 12.3. The molecule has 3 N–H and O–H groups in total. The van der Waals surface area contributed by atoms with E-state index < -0.39 is 0 Å². The summed E-state index contributed by atoms with van der Waals surface area (Å²) in [5.74, 6) is -0.601. The number of rotatable bonds is 1. The SMILES string of the molecule is CC1CN(C(=O)c2ccc(O)c(O)c2)C(C)CN1. The molecule has 1 aliphatic heterocycles. The Morgan fingerprint density at radius 2 is 2.06 bits per heavy atom. The fourth-order valence-electron chi connectivity index (χ4n) is 2.13. The number of benzene rings is 1. The number of aromatic hydroxyl groups is 2. The Bertz CT molecular complexity index is 462. The summed E-state index contributed by atoms with van der Waals surface area (Å²) in [5.41, 5.74) is 0.395. The highest BCUT2D eigenvalue weighted by Crippen LogP contribution is 2.26. The van der Waals surface area contributed by atoms with Crippen molar-refractivity contribution in [3.05, 3.63) is 23.8 Å². The Kier molecular flexibility index (Phi) is 3.43. The summed E-state index contributed by atoms with van der Waals surface area (Å²) < 4.78 is 0. The van der Waals surface area contributed by atoms with Gasteiger partial charge in [0.1, 0.15) is 0 Å². The summed E-state index contributed by atoms with van der Waals surface area (Å²) in [5, 5.41) is 22.0. The van der Waals surface area contributed by atoms with Gasteiger partial charge in [-0.15, -0.1) is 0 Å². The van der Waals surface area contributed by atoms with Gasteiger partial charge in [0.25, 0.3) is 5.91 Å². The maximum atomic E-state index is 12.3. The molecule has 1 saturated heterocycles. The van der Waals surface area contributed by atoms with Crippen LogP contribution in [0.1, 0.15) is 24.2 Å². The van der Waals surface area contributed by atoms with Crippen molar-refractivity contribution in [3.63, 3.8) is 0 Å². The van der Waals surface area contributed by atoms with E-state index in [1.54, 1.807) is 4.90 Å². The maximum Gasteiger partial charge on any atom is 0.254 e. The van der Waals surface area contributed by atoms with E-state index in [4.69, 9.17) is 0 Å². The van der Waals surface area contributed by atoms with Gasteiger partial charge >= 0.3 is 0 Å². The number of carbonyl (C=O) groups excluding carboxylic acids is 1. The van der Waals surface area contributed by atoms with Gasteiger partial charge in [0, 0.05) is 30.7 Å². The van der Waals surface area contributed by atoms with Gasteiger partial charge < -0.3 is 20.4 Å². The molecular formula is C13H18N2O3. The van der Waals surface area contributed by atoms with Crippen LogP contribution in [0.3, 0.4) is 0 Å². The molecular weight excluding hydrogens is 232 g/mol. The quantitative estimate of drug-likeness (QED) is 0.648. The number of nitrogens with zero attached hydrogens (tertiary/aromatic N) is 1. The molecule has 1 fully saturated rings. The van der Waals surface area contributed by atoms with E-state index in [1.807, 2.05) is 13.8 Å². The smallest absolute Gasteiger partial charge is 0.254 e. The molecule has 0 aromatic heterocycles. The Morgan fingerprint density at radius 3 is 2.72 bits per heavy atom. The highest BCUT2D eigenvalue weighted by Gasteiger charge is 2.27. The van der Waals surface area contributed by atoms with Crippen LogP contribution in [0, 0.1) is 0 Å². The summed E-state index contributed by atoms with van der Waals surface area (Å²) in [4.78, 5) is 14.1. The summed E-state index contributed by atoms with van der Waals surface area (Å²) >= 11 is 0. The number of hydrogen-bond donors (Lipinski definition) is 3. The molecule has 1 aromatic carbocycles. The predicted molar refractivity (Wildman–Crippen MR) is 67.7 cm³/mol. The predicted octanol–water partition coefficient (Wildman–Crippen LogP) is 0.920. The number of amides is 1. The van der Waals surface area contributed by atoms with E-state index >= 15 is 0 Å². The molecule has 98 valence electrons. The lowest BCUT2D eigenvalue weighted by Gasteiger charge is -2.37. The molecule has 0 bridgehead atoms. The molecule has 2 atom stereocenters. The number of phenolic OH excluding ortho intramolecular Hbond substituents is 2. The minimum Gasteiger partial charge on any atom is -0.504 e. The van der Waals surface area contributed by atoms with Crippen LogP contribution >= 0.6 is 0 Å². The fourth-order valence-corrected chi connectivity index (χ4v) is 2.13. The van der Waals surface area contributed by atoms with E-state index in [1.165, 1.54) is 18.2 Å². The number of carbonyl (C=O) groups is 1. The fraction of sp³-hybridized carbons (Fsp3) is 0.462. The molecule has 5 heteroatoms. The van der Waals surface area contributed by atoms with Gasteiger partial charge in [0.05, 0.1) is 0 Å². The van der Waals surface area contributed by atoms with E-state index in [0.717, 1.165) is 6.54 Å². The van der Waals surface area contributed by atoms with Crippen molar-refractivity contribution in [3.8, 4) is 11.5 Å². The normalized spacial score (nSPS) is 24.0. The zero-order chi connectivity index (χ0) is 13.3. The first-order valence-corrected chi connectivity index (χ1v) is 6.05. The van der Waals surface area contributed by atoms with Crippen molar-refractivity contribution in [1.29, 1.82) is 0 Å². The van der Waals surface area contributed by atoms with Gasteiger partial charge in [-0.25, -0.2) is 0 Å². The lowest BCUT2D eigenvalue weighted by atomic mass is 10.1. The Balaban J connectivity index is 2.21. The van der Waals surface area contributed by atoms with Gasteiger partial charge in [-0.1, -0.05) is 0 Å². The summed E-state index contributed by atoms with van der Waals surface area (Å²) in [6, 6.07) is 4.53. The first-order valence-electron chi connectivity index (χ1n) is 6.05. The van der Waals surface area contributed by atoms with Gasteiger partial charge in [-0.3, -0.25) is 4.79 Å². The van der Waals surface area contributed by atoms with Crippen molar-refractivity contribution in [2.24, 2.45) is 0 Å². The number of hydrogen-bond acceptors (Lipinski definition) is 4. The van der Waals surface area contributed by atoms with Crippen molar-refractivity contribution in [2.75, 3.05) is 13.1 Å². The first kappa shape index (κ1) is 12.7. The average molecular weight is 250 g/mol. The van der Waals surface area contributed by atoms with Crippen LogP contribution < -0.4 is 5.32 Å². The van der Waals surface area contributed by atoms with E-state index in [-0.39, 0.29) is 29.5 Å². The second-order valence-corrected chi connectivity index (χ2v) is 4.82. The molecule has 1 heterocycles. The monoisotopic (exact) mass is 250 g/mol. The van der Waals surface area contributed by atoms with E-state index in [9.17, 15) is 15.0 Å². The van der Waals surface area contributed by atoms with E-state index in [0.29, 0.717) is 12.1 Å². The highest BCUT2D eigenvalue weighted by atomic mass is 16.3. The second-order valence-electron chi connectivity index (χ2n) is 4.82. The van der Waals surface area contributed by atoms with Crippen molar-refractivity contribution >= 4 is 5.91 Å². The van der Waals surface area contributed by atoms with Crippen LogP contribution in [0.15, 0.2) is 18.2 Å². The molecule has 0 radical (unpaired) electrons. The van der Waals surface area contributed by atoms with Crippen molar-refractivity contribution < 1.29 is 15.0 Å². The lowest BCUT2D eigenvalue weighted by Crippen LogP contribution is -2.56. The molecule has 1 amide bonds. The van der Waals surface area contributed by atoms with Crippen LogP contribution in [-0.2, 0) is 0 Å². The summed E-state index contributed by atoms with van der Waals surface area (Å²) in [7, 11) is 0. The van der Waals surface area contributed by atoms with Crippen LogP contribution in [0.2, 0.25) is 0 Å². The van der Waals surface area contributed by atoms with Crippen LogP contribution in [0.4, 0.5) is 0 Å². The molecule has 2 rings (SSSR count). The largest absolute Gasteiger partial charge is 0.504 e. The van der Waals surface area contributed by atoms with Crippen molar-refractivity contribution in [1.82, 2.24) is 10.2 Å². The molecule has 0 spiro atoms. The Morgan fingerprint density at radius 1 is 1.33 bits per heavy atom. The molecule has 1 aromatic rings. The van der Waals surface area contributed by atoms with Crippen molar-refractivity contribution in [2.45, 2.75) is 25.9 Å². The van der Waals surface area contributed by atoms with Gasteiger partial charge in [0.2, 0.25) is 0 Å². The highest BCUT2D eigenvalue weighted by molar-refractivity contribution is 5.95. The molecule has 2 unspecified atom stereocenters. The van der Waals surface area contributed by atoms with Gasteiger partial charge in [0.15, 0.2) is 11.5 Å². The summed E-state index contributed by atoms with van der Waals surface area (Å²) in [6.07, 6.45) is 0. The number of phenols is 2. The topological polar surface area (TPSA) is 72.8 Å². The zero-order valence-corrected chi connectivity index (χ0v) is 10.6. The third-order valence-electron chi connectivity index (χ3n) is 3.25. The Hall–Kier alpha value is -1.75. The van der Waals surface area contributed by atoms with Gasteiger partial charge in [-0.05, 0) is 32.0 Å². The standard InChI is InChI=1S/C13H18N2O3/c1-8-7-15(9(2)6-14-8)13(18)10-3-4-11(16)12(17)5-10/h3-5,8-9,14,16-17H,6-7H2,1-2H3. The van der Waals surface area contributed by atoms with Crippen LogP contribution in [0.25, 0.3) is 0 Å². The van der Waals surface area contributed by atoms with Crippen LogP contribution in [0.5, 0.6) is 11.5 Å². The minimum atomic E-state index is -0.267. The molecule has 5 nitrogen and oxygen atoms in total. The van der Waals surface area contributed by atoms with Crippen LogP contribution in [-0.4, -0.2) is 46.2 Å². The lowest BCUT2D eigenvalue weighted by molar-refractivity contribution is 0.0616. The number of nitrogens with one attached hydrogen (secondary N) is 1. The van der Waals surface area contributed by atoms with Gasteiger partial charge in [-0.2, -0.15) is 0 Å². The average Bonchev–Trinajstić information content (AvgIpc) is 2.35. The molecule has 0 aliphatic carbocycles. The minimum absolute atomic E-state index is 0.115. The Labute approximate surface area is 106 Å². The molecule has 18 heavy (non-hydrogen) atoms. The van der Waals surface area contributed by atoms with E-state index in [2.05, 4.69) is 5.32 Å². The number of piperazine rings is 1. The third-order valence-corrected chi connectivity index (χ3v) is 3.25.